The summed E-state index contributed by atoms with van der Waals surface area (Å²) in [5.41, 5.74) is 2.03. The van der Waals surface area contributed by atoms with Crippen molar-refractivity contribution >= 4 is 11.6 Å². The summed E-state index contributed by atoms with van der Waals surface area (Å²) < 4.78 is 27.1. The molecule has 0 aliphatic rings. The predicted molar refractivity (Wildman–Crippen MR) is 100 cm³/mol. The van der Waals surface area contributed by atoms with E-state index >= 15 is 0 Å². The van der Waals surface area contributed by atoms with Gasteiger partial charge in [-0.2, -0.15) is 0 Å². The van der Waals surface area contributed by atoms with Crippen molar-refractivity contribution in [2.24, 2.45) is 0 Å². The first-order valence-electron chi connectivity index (χ1n) is 8.58. The van der Waals surface area contributed by atoms with Crippen molar-refractivity contribution in [1.82, 2.24) is 10.3 Å². The van der Waals surface area contributed by atoms with Gasteiger partial charge in [-0.25, -0.2) is 13.8 Å². The van der Waals surface area contributed by atoms with Crippen LogP contribution in [0.1, 0.15) is 21.6 Å². The Morgan fingerprint density at radius 3 is 2.19 bits per heavy atom. The number of carbonyl (C=O) groups is 1. The second kappa shape index (κ2) is 8.89. The van der Waals surface area contributed by atoms with E-state index in [2.05, 4.69) is 15.6 Å². The van der Waals surface area contributed by atoms with Gasteiger partial charge in [-0.05, 0) is 36.2 Å². The fourth-order valence-electron chi connectivity index (χ4n) is 2.58. The van der Waals surface area contributed by atoms with E-state index in [1.807, 2.05) is 0 Å². The largest absolute Gasteiger partial charge is 0.383 e. The molecule has 0 radical (unpaired) electrons. The predicted octanol–water partition coefficient (Wildman–Crippen LogP) is 3.94. The van der Waals surface area contributed by atoms with Gasteiger partial charge in [0, 0.05) is 18.7 Å². The summed E-state index contributed by atoms with van der Waals surface area (Å²) in [5, 5.41) is 5.78. The van der Waals surface area contributed by atoms with Crippen molar-refractivity contribution in [3.8, 4) is 0 Å². The highest BCUT2D eigenvalue weighted by Crippen LogP contribution is 2.10. The molecule has 0 unspecified atom stereocenters. The molecule has 0 atom stereocenters. The first-order valence-corrected chi connectivity index (χ1v) is 8.58. The van der Waals surface area contributed by atoms with Crippen LogP contribution in [0.3, 0.4) is 0 Å². The summed E-state index contributed by atoms with van der Waals surface area (Å²) in [5.74, 6) is -0.962. The maximum absolute atomic E-state index is 13.6. The van der Waals surface area contributed by atoms with Crippen LogP contribution in [0, 0.1) is 11.6 Å². The zero-order valence-electron chi connectivity index (χ0n) is 14.6. The Morgan fingerprint density at radius 1 is 0.889 bits per heavy atom. The van der Waals surface area contributed by atoms with E-state index in [-0.39, 0.29) is 29.8 Å². The topological polar surface area (TPSA) is 54.0 Å². The van der Waals surface area contributed by atoms with Crippen molar-refractivity contribution in [2.45, 2.75) is 13.0 Å². The van der Waals surface area contributed by atoms with Crippen molar-refractivity contribution in [3.63, 3.8) is 0 Å². The van der Waals surface area contributed by atoms with Crippen LogP contribution >= 0.6 is 0 Å². The Balaban J connectivity index is 1.50. The molecule has 2 aromatic carbocycles. The molecule has 3 aromatic rings. The molecule has 0 saturated carbocycles. The molecule has 2 N–H and O–H groups in total. The molecule has 1 aromatic heterocycles. The van der Waals surface area contributed by atoms with Crippen LogP contribution in [0.25, 0.3) is 0 Å². The Labute approximate surface area is 156 Å². The van der Waals surface area contributed by atoms with Gasteiger partial charge in [-0.3, -0.25) is 4.79 Å². The number of anilines is 1. The van der Waals surface area contributed by atoms with E-state index in [0.717, 1.165) is 5.69 Å². The molecule has 1 amide bonds. The summed E-state index contributed by atoms with van der Waals surface area (Å²) in [4.78, 5) is 16.2. The van der Waals surface area contributed by atoms with E-state index in [9.17, 15) is 13.6 Å². The number of amides is 1. The van der Waals surface area contributed by atoms with Crippen molar-refractivity contribution in [2.75, 3.05) is 11.9 Å². The Hall–Kier alpha value is -3.28. The first kappa shape index (κ1) is 18.5. The van der Waals surface area contributed by atoms with Crippen molar-refractivity contribution in [1.29, 1.82) is 0 Å². The lowest BCUT2D eigenvalue weighted by molar-refractivity contribution is 0.0945. The summed E-state index contributed by atoms with van der Waals surface area (Å²) in [7, 11) is 0. The maximum Gasteiger partial charge on any atom is 0.270 e. The van der Waals surface area contributed by atoms with Crippen LogP contribution in [0.5, 0.6) is 0 Å². The third-order valence-corrected chi connectivity index (χ3v) is 4.07. The molecule has 3 rings (SSSR count). The van der Waals surface area contributed by atoms with Crippen LogP contribution in [-0.2, 0) is 13.0 Å². The van der Waals surface area contributed by atoms with E-state index in [1.165, 1.54) is 12.1 Å². The quantitative estimate of drug-likeness (QED) is 0.665. The number of benzene rings is 2. The SMILES string of the molecule is O=C(NCc1ccccc1F)c1ccc(NCCc2ccccc2F)cn1. The van der Waals surface area contributed by atoms with Gasteiger partial charge in [0.15, 0.2) is 0 Å². The number of pyridine rings is 1. The first-order chi connectivity index (χ1) is 13.1. The number of hydrogen-bond acceptors (Lipinski definition) is 3. The number of nitrogens with one attached hydrogen (secondary N) is 2. The number of carbonyl (C=O) groups excluding carboxylic acids is 1. The molecule has 138 valence electrons. The molecule has 0 aliphatic heterocycles. The molecule has 6 heteroatoms. The fraction of sp³-hybridized carbons (Fsp3) is 0.143. The van der Waals surface area contributed by atoms with Crippen LogP contribution < -0.4 is 10.6 Å². The van der Waals surface area contributed by atoms with Gasteiger partial charge in [-0.1, -0.05) is 36.4 Å². The zero-order chi connectivity index (χ0) is 19.1. The summed E-state index contributed by atoms with van der Waals surface area (Å²) in [6.07, 6.45) is 2.08. The number of hydrogen-bond donors (Lipinski definition) is 2. The lowest BCUT2D eigenvalue weighted by atomic mass is 10.1. The third-order valence-electron chi connectivity index (χ3n) is 4.07. The zero-order valence-corrected chi connectivity index (χ0v) is 14.6. The normalized spacial score (nSPS) is 10.4. The smallest absolute Gasteiger partial charge is 0.270 e. The summed E-state index contributed by atoms with van der Waals surface area (Å²) >= 11 is 0. The molecule has 0 aliphatic carbocycles. The maximum atomic E-state index is 13.6. The van der Waals surface area contributed by atoms with Crippen LogP contribution in [0.4, 0.5) is 14.5 Å². The molecular weight excluding hydrogens is 348 g/mol. The lowest BCUT2D eigenvalue weighted by Crippen LogP contribution is -2.24. The van der Waals surface area contributed by atoms with Gasteiger partial charge in [-0.15, -0.1) is 0 Å². The van der Waals surface area contributed by atoms with E-state index in [0.29, 0.717) is 24.1 Å². The molecule has 27 heavy (non-hydrogen) atoms. The highest BCUT2D eigenvalue weighted by atomic mass is 19.1. The van der Waals surface area contributed by atoms with Gasteiger partial charge < -0.3 is 10.6 Å². The van der Waals surface area contributed by atoms with E-state index in [1.54, 1.807) is 54.7 Å². The van der Waals surface area contributed by atoms with Crippen molar-refractivity contribution < 1.29 is 13.6 Å². The molecule has 0 spiro atoms. The molecule has 1 heterocycles. The molecular formula is C21H19F2N3O. The Kier molecular flexibility index (Phi) is 6.10. The van der Waals surface area contributed by atoms with Gasteiger partial charge >= 0.3 is 0 Å². The summed E-state index contributed by atoms with van der Waals surface area (Å²) in [6.45, 7) is 0.636. The number of rotatable bonds is 7. The standard InChI is InChI=1S/C21H19F2N3O/c22-18-7-3-1-5-15(18)11-12-24-17-9-10-20(25-14-17)21(27)26-13-16-6-2-4-8-19(16)23/h1-10,14,24H,11-13H2,(H,26,27). The Morgan fingerprint density at radius 2 is 1.56 bits per heavy atom. The van der Waals surface area contributed by atoms with E-state index in [4.69, 9.17) is 0 Å². The van der Waals surface area contributed by atoms with Gasteiger partial charge in [0.2, 0.25) is 0 Å². The van der Waals surface area contributed by atoms with Crippen molar-refractivity contribution in [3.05, 3.63) is 95.3 Å². The molecule has 0 bridgehead atoms. The van der Waals surface area contributed by atoms with Crippen LogP contribution in [0.2, 0.25) is 0 Å². The highest BCUT2D eigenvalue weighted by Gasteiger charge is 2.08. The molecule has 0 fully saturated rings. The monoisotopic (exact) mass is 367 g/mol. The molecule has 0 saturated heterocycles. The second-order valence-corrected chi connectivity index (χ2v) is 5.97. The Bertz CT molecular complexity index is 913. The van der Waals surface area contributed by atoms with Crippen LogP contribution in [0.15, 0.2) is 66.9 Å². The van der Waals surface area contributed by atoms with E-state index < -0.39 is 0 Å². The van der Waals surface area contributed by atoms with Gasteiger partial charge in [0.1, 0.15) is 17.3 Å². The molecule has 4 nitrogen and oxygen atoms in total. The fourth-order valence-corrected chi connectivity index (χ4v) is 2.58. The third kappa shape index (κ3) is 5.10. The van der Waals surface area contributed by atoms with Crippen LogP contribution in [-0.4, -0.2) is 17.4 Å². The number of nitrogens with zero attached hydrogens (tertiary/aromatic N) is 1. The van der Waals surface area contributed by atoms with Gasteiger partial charge in [0.25, 0.3) is 5.91 Å². The summed E-state index contributed by atoms with van der Waals surface area (Å²) in [6, 6.07) is 16.2. The average molecular weight is 367 g/mol. The second-order valence-electron chi connectivity index (χ2n) is 5.97. The van der Waals surface area contributed by atoms with Gasteiger partial charge in [0.05, 0.1) is 11.9 Å². The minimum absolute atomic E-state index is 0.0931. The minimum atomic E-state index is -0.379. The highest BCUT2D eigenvalue weighted by molar-refractivity contribution is 5.92. The minimum Gasteiger partial charge on any atom is -0.383 e. The average Bonchev–Trinajstić information content (AvgIpc) is 2.69. The lowest BCUT2D eigenvalue weighted by Gasteiger charge is -2.08. The number of halogens is 2. The number of aromatic nitrogens is 1.